The number of nitrogens with two attached hydrogens (primary N) is 2. The Balaban J connectivity index is 5.99. The molecule has 252 valence electrons. The summed E-state index contributed by atoms with van der Waals surface area (Å²) >= 11 is 1.59. The fraction of sp³-hybridized carbons (Fsp3) is 0.704. The molecular formula is C27H50N8O8S. The summed E-state index contributed by atoms with van der Waals surface area (Å²) in [6.07, 6.45) is 0.0445. The van der Waals surface area contributed by atoms with Crippen LogP contribution in [0.25, 0.3) is 0 Å². The van der Waals surface area contributed by atoms with Gasteiger partial charge in [-0.3, -0.25) is 34.1 Å². The molecule has 0 bridgehead atoms. The minimum Gasteiger partial charge on any atom is -0.481 e. The van der Waals surface area contributed by atoms with E-state index in [2.05, 4.69) is 38.5 Å². The van der Waals surface area contributed by atoms with Crippen LogP contribution in [0.15, 0.2) is 12.3 Å². The van der Waals surface area contributed by atoms with Gasteiger partial charge >= 0.3 is 5.97 Å². The zero-order valence-corrected chi connectivity index (χ0v) is 26.7. The number of Topliss-reactive ketones (excluding diaryl/α,β-unsaturated/α-hetero) is 2. The molecule has 6 atom stereocenters. The molecule has 0 aromatic rings. The average Bonchev–Trinajstić information content (AvgIpc) is 2.97. The Labute approximate surface area is 262 Å². The minimum absolute atomic E-state index is 0.0518. The first-order valence-electron chi connectivity index (χ1n) is 14.3. The molecule has 2 amide bonds. The number of amides is 2. The summed E-state index contributed by atoms with van der Waals surface area (Å²) in [5.74, 6) is -3.29. The zero-order valence-electron chi connectivity index (χ0n) is 25.9. The molecule has 0 saturated carbocycles. The third kappa shape index (κ3) is 16.8. The summed E-state index contributed by atoms with van der Waals surface area (Å²) in [4.78, 5) is 73.1. The third-order valence-corrected chi connectivity index (χ3v) is 7.32. The standard InChI is InChI=1S/C27H50N8O8S/c1-15(18(10-12-44-5)32-13-21(38)16(2)30-4)33-19(7-6-11-31-27(28)29)25(42)34-20(8-9-23(40)41)26(43)35-24(17(3)37)22(39)14-36/h14,16-20,24,27,30-33,37H,1,6-13,28-29H2,2-5H3,(H,34,42)(H,35,43)(H,40,41)/t16-,17+,18-,19-,20-,24-/m0/s1. The van der Waals surface area contributed by atoms with E-state index in [1.165, 1.54) is 6.92 Å². The Morgan fingerprint density at radius 3 is 2.07 bits per heavy atom. The van der Waals surface area contributed by atoms with Crippen molar-refractivity contribution in [1.82, 2.24) is 31.9 Å². The number of hydrogen-bond acceptors (Lipinski definition) is 14. The lowest BCUT2D eigenvalue weighted by atomic mass is 10.0. The van der Waals surface area contributed by atoms with Crippen molar-refractivity contribution in [3.63, 3.8) is 0 Å². The van der Waals surface area contributed by atoms with Crippen LogP contribution in [0.5, 0.6) is 0 Å². The fourth-order valence-corrected chi connectivity index (χ4v) is 4.38. The lowest BCUT2D eigenvalue weighted by molar-refractivity contribution is -0.139. The Hall–Kier alpha value is -2.93. The quantitative estimate of drug-likeness (QED) is 0.0193. The lowest BCUT2D eigenvalue weighted by Crippen LogP contribution is -2.57. The number of aldehydes is 1. The van der Waals surface area contributed by atoms with Crippen LogP contribution in [0.1, 0.15) is 46.0 Å². The normalized spacial score (nSPS) is 15.3. The van der Waals surface area contributed by atoms with Gasteiger partial charge in [0.15, 0.2) is 12.1 Å². The molecule has 0 fully saturated rings. The van der Waals surface area contributed by atoms with Crippen LogP contribution >= 0.6 is 11.8 Å². The average molecular weight is 647 g/mol. The van der Waals surface area contributed by atoms with Crippen LogP contribution < -0.4 is 43.4 Å². The van der Waals surface area contributed by atoms with Gasteiger partial charge in [-0.15, -0.1) is 0 Å². The first-order chi connectivity index (χ1) is 20.7. The molecule has 0 rings (SSSR count). The SMILES string of the molecule is C=C(N[C@@H](CCCNC(N)N)C(=O)N[C@@H](CCC(=O)O)C(=O)N[C@H](C(=O)C=O)[C@@H](C)O)[C@H](CCSC)NCC(=O)[C@H](C)NC. The molecule has 0 aromatic carbocycles. The topological polar surface area (TPSA) is 267 Å². The number of ketones is 2. The van der Waals surface area contributed by atoms with Crippen LogP contribution in [0.4, 0.5) is 0 Å². The summed E-state index contributed by atoms with van der Waals surface area (Å²) in [5, 5.41) is 35.8. The number of aliphatic hydroxyl groups excluding tert-OH is 1. The third-order valence-electron chi connectivity index (χ3n) is 6.68. The Kier molecular flexibility index (Phi) is 21.1. The summed E-state index contributed by atoms with van der Waals surface area (Å²) in [5.41, 5.74) is 11.5. The summed E-state index contributed by atoms with van der Waals surface area (Å²) in [7, 11) is 1.68. The smallest absolute Gasteiger partial charge is 0.303 e. The van der Waals surface area contributed by atoms with E-state index in [-0.39, 0.29) is 37.5 Å². The number of hydrogen-bond donors (Lipinski definition) is 10. The van der Waals surface area contributed by atoms with E-state index in [1.807, 2.05) is 6.26 Å². The monoisotopic (exact) mass is 646 g/mol. The van der Waals surface area contributed by atoms with Crippen LogP contribution in [0, 0.1) is 0 Å². The van der Waals surface area contributed by atoms with Gasteiger partial charge in [-0.1, -0.05) is 6.58 Å². The molecule has 44 heavy (non-hydrogen) atoms. The van der Waals surface area contributed by atoms with Crippen LogP contribution in [-0.2, 0) is 28.8 Å². The van der Waals surface area contributed by atoms with E-state index >= 15 is 0 Å². The number of thioether (sulfide) groups is 1. The van der Waals surface area contributed by atoms with Crippen molar-refractivity contribution in [2.24, 2.45) is 11.5 Å². The van der Waals surface area contributed by atoms with E-state index in [1.54, 1.807) is 25.7 Å². The molecule has 17 heteroatoms. The zero-order chi connectivity index (χ0) is 33.8. The van der Waals surface area contributed by atoms with E-state index in [4.69, 9.17) is 11.5 Å². The van der Waals surface area contributed by atoms with Crippen molar-refractivity contribution in [2.75, 3.05) is 32.1 Å². The molecule has 0 aliphatic rings. The first kappa shape index (κ1) is 41.1. The molecule has 0 unspecified atom stereocenters. The van der Waals surface area contributed by atoms with E-state index < -0.39 is 66.5 Å². The number of nitrogens with one attached hydrogen (secondary N) is 6. The molecule has 0 aromatic heterocycles. The first-order valence-corrected chi connectivity index (χ1v) is 15.7. The summed E-state index contributed by atoms with van der Waals surface area (Å²) in [6, 6.07) is -4.73. The van der Waals surface area contributed by atoms with Crippen molar-refractivity contribution >= 4 is 47.4 Å². The highest BCUT2D eigenvalue weighted by Gasteiger charge is 2.31. The number of aliphatic carboxylic acids is 1. The number of carboxylic acid groups (broad SMARTS) is 1. The van der Waals surface area contributed by atoms with Gasteiger partial charge in [0.05, 0.1) is 18.7 Å². The van der Waals surface area contributed by atoms with Gasteiger partial charge in [-0.25, -0.2) is 0 Å². The van der Waals surface area contributed by atoms with Crippen LogP contribution in [-0.4, -0.2) is 121 Å². The van der Waals surface area contributed by atoms with Crippen LogP contribution in [0.3, 0.4) is 0 Å². The predicted molar refractivity (Wildman–Crippen MR) is 167 cm³/mol. The summed E-state index contributed by atoms with van der Waals surface area (Å²) < 4.78 is 0. The maximum Gasteiger partial charge on any atom is 0.303 e. The number of carboxylic acids is 1. The van der Waals surface area contributed by atoms with Crippen LogP contribution in [0.2, 0.25) is 0 Å². The largest absolute Gasteiger partial charge is 0.481 e. The van der Waals surface area contributed by atoms with E-state index in [0.717, 1.165) is 5.75 Å². The van der Waals surface area contributed by atoms with Gasteiger partial charge in [-0.05, 0) is 65.1 Å². The molecular weight excluding hydrogens is 596 g/mol. The van der Waals surface area contributed by atoms with Crippen molar-refractivity contribution < 1.29 is 39.0 Å². The maximum atomic E-state index is 13.5. The molecule has 0 radical (unpaired) electrons. The molecule has 16 nitrogen and oxygen atoms in total. The number of carbonyl (C=O) groups excluding carboxylic acids is 5. The van der Waals surface area contributed by atoms with Crippen molar-refractivity contribution in [3.05, 3.63) is 12.3 Å². The second kappa shape index (κ2) is 22.6. The molecule has 0 spiro atoms. The highest BCUT2D eigenvalue weighted by molar-refractivity contribution is 7.98. The molecule has 0 aliphatic carbocycles. The Morgan fingerprint density at radius 1 is 0.932 bits per heavy atom. The number of carbonyl (C=O) groups is 6. The number of aliphatic hydroxyl groups is 1. The Bertz CT molecular complexity index is 968. The lowest BCUT2D eigenvalue weighted by Gasteiger charge is -2.29. The summed E-state index contributed by atoms with van der Waals surface area (Å²) in [6.45, 7) is 7.43. The molecule has 12 N–H and O–H groups in total. The maximum absolute atomic E-state index is 13.5. The van der Waals surface area contributed by atoms with Gasteiger partial charge < -0.3 is 48.3 Å². The van der Waals surface area contributed by atoms with Gasteiger partial charge in [-0.2, -0.15) is 11.8 Å². The van der Waals surface area contributed by atoms with Crippen molar-refractivity contribution in [2.45, 2.75) is 88.6 Å². The predicted octanol–water partition coefficient (Wildman–Crippen LogP) is -3.10. The van der Waals surface area contributed by atoms with Gasteiger partial charge in [0.2, 0.25) is 17.6 Å². The number of rotatable bonds is 26. The van der Waals surface area contributed by atoms with E-state index in [0.29, 0.717) is 25.1 Å². The fourth-order valence-electron chi connectivity index (χ4n) is 3.91. The number of likely N-dealkylation sites (N-methyl/N-ethyl adjacent to an activating group) is 1. The van der Waals surface area contributed by atoms with E-state index in [9.17, 15) is 39.0 Å². The van der Waals surface area contributed by atoms with Crippen molar-refractivity contribution in [3.8, 4) is 0 Å². The Morgan fingerprint density at radius 2 is 1.55 bits per heavy atom. The molecule has 0 aliphatic heterocycles. The second-order valence-electron chi connectivity index (χ2n) is 10.3. The van der Waals surface area contributed by atoms with Gasteiger partial charge in [0.25, 0.3) is 0 Å². The van der Waals surface area contributed by atoms with Gasteiger partial charge in [0.1, 0.15) is 24.4 Å². The highest BCUT2D eigenvalue weighted by atomic mass is 32.2. The molecule has 0 saturated heterocycles. The van der Waals surface area contributed by atoms with Gasteiger partial charge in [0, 0.05) is 18.2 Å². The highest BCUT2D eigenvalue weighted by Crippen LogP contribution is 2.11. The molecule has 0 heterocycles. The minimum atomic E-state index is -1.58. The van der Waals surface area contributed by atoms with Crippen molar-refractivity contribution in [1.29, 1.82) is 0 Å². The second-order valence-corrected chi connectivity index (χ2v) is 11.3.